The van der Waals surface area contributed by atoms with Crippen molar-refractivity contribution in [2.24, 2.45) is 0 Å². The normalized spacial score (nSPS) is 9.67. The Kier molecular flexibility index (Phi) is 3.89. The van der Waals surface area contributed by atoms with E-state index in [-0.39, 0.29) is 11.0 Å². The summed E-state index contributed by atoms with van der Waals surface area (Å²) in [5.41, 5.74) is 0. The SMILES string of the molecule is [O]=[Cr](=[O])([OH])[OH].[Si]. The second-order valence-electron chi connectivity index (χ2n) is 0.448. The predicted molar refractivity (Wildman–Crippen MR) is 11.6 cm³/mol. The van der Waals surface area contributed by atoms with Crippen LogP contribution in [0.1, 0.15) is 0 Å². The molecule has 36 valence electrons. The van der Waals surface area contributed by atoms with E-state index in [1.54, 1.807) is 0 Å². The van der Waals surface area contributed by atoms with Crippen molar-refractivity contribution >= 4 is 11.0 Å². The monoisotopic (exact) mass is 146 g/mol. The molecule has 0 aliphatic heterocycles. The Labute approximate surface area is 41.2 Å². The molecule has 0 rings (SSSR count). The van der Waals surface area contributed by atoms with E-state index in [0.717, 1.165) is 0 Å². The van der Waals surface area contributed by atoms with Crippen molar-refractivity contribution in [1.82, 2.24) is 0 Å². The third-order valence-electron chi connectivity index (χ3n) is 0. The van der Waals surface area contributed by atoms with Crippen molar-refractivity contribution < 1.29 is 29.5 Å². The second kappa shape index (κ2) is 2.44. The first-order valence-electron chi connectivity index (χ1n) is 0.698. The first-order valence-corrected chi connectivity index (χ1v) is 2.88. The zero-order chi connectivity index (χ0) is 4.50. The molecule has 0 unspecified atom stereocenters. The molecule has 2 N–H and O–H groups in total. The van der Waals surface area contributed by atoms with Crippen LogP contribution in [0.5, 0.6) is 0 Å². The summed E-state index contributed by atoms with van der Waals surface area (Å²) in [5.74, 6) is 0. The van der Waals surface area contributed by atoms with Crippen LogP contribution in [0, 0.1) is 0 Å². The summed E-state index contributed by atoms with van der Waals surface area (Å²) in [6.07, 6.45) is 0. The van der Waals surface area contributed by atoms with Crippen molar-refractivity contribution in [1.29, 1.82) is 0 Å². The van der Waals surface area contributed by atoms with E-state index in [9.17, 15) is 0 Å². The Hall–Kier alpha value is 0.269. The first-order chi connectivity index (χ1) is 2.00. The molecule has 0 heterocycles. The van der Waals surface area contributed by atoms with Crippen molar-refractivity contribution in [2.45, 2.75) is 0 Å². The summed E-state index contributed by atoms with van der Waals surface area (Å²) in [7, 11) is 0. The predicted octanol–water partition coefficient (Wildman–Crippen LogP) is -1.73. The van der Waals surface area contributed by atoms with E-state index >= 15 is 0 Å². The van der Waals surface area contributed by atoms with Gasteiger partial charge in [0.15, 0.2) is 0 Å². The minimum absolute atomic E-state index is 0. The van der Waals surface area contributed by atoms with Crippen LogP contribution < -0.4 is 0 Å². The van der Waals surface area contributed by atoms with Gasteiger partial charge in [-0.25, -0.2) is 0 Å². The Balaban J connectivity index is 0. The molecule has 0 aromatic rings. The Morgan fingerprint density at radius 1 is 1.17 bits per heavy atom. The van der Waals surface area contributed by atoms with Crippen LogP contribution in [0.4, 0.5) is 0 Å². The summed E-state index contributed by atoms with van der Waals surface area (Å²) in [6.45, 7) is 0. The molecular weight excluding hydrogens is 144 g/mol. The second-order valence-corrected chi connectivity index (χ2v) is 1.85. The fraction of sp³-hybridized carbons (Fsp3) is 0. The van der Waals surface area contributed by atoms with Crippen LogP contribution in [-0.2, 0) is 21.2 Å². The number of hydrogen-bond acceptors (Lipinski definition) is 2. The fourth-order valence-electron chi connectivity index (χ4n) is 0. The minimum Gasteiger partial charge on any atom is 0 e. The van der Waals surface area contributed by atoms with Gasteiger partial charge in [0.25, 0.3) is 0 Å². The molecule has 6 heavy (non-hydrogen) atoms. The summed E-state index contributed by atoms with van der Waals surface area (Å²) in [4.78, 5) is 0. The summed E-state index contributed by atoms with van der Waals surface area (Å²) in [6, 6.07) is 0. The molecule has 0 aromatic heterocycles. The average Bonchev–Trinajstić information content (AvgIpc) is 0.722. The van der Waals surface area contributed by atoms with Crippen molar-refractivity contribution in [3.63, 3.8) is 0 Å². The molecule has 0 aliphatic rings. The van der Waals surface area contributed by atoms with Gasteiger partial charge >= 0.3 is 29.5 Å². The summed E-state index contributed by atoms with van der Waals surface area (Å²) < 4.78 is 31.9. The molecule has 0 saturated heterocycles. The zero-order valence-corrected chi connectivity index (χ0v) is 4.89. The quantitative estimate of drug-likeness (QED) is 0.398. The van der Waals surface area contributed by atoms with Gasteiger partial charge in [-0.05, 0) is 0 Å². The maximum absolute atomic E-state index is 8.82. The van der Waals surface area contributed by atoms with E-state index in [4.69, 9.17) is 15.9 Å². The molecule has 0 bridgehead atoms. The third-order valence-corrected chi connectivity index (χ3v) is 0. The molecule has 6 heteroatoms. The Morgan fingerprint density at radius 2 is 1.17 bits per heavy atom. The van der Waals surface area contributed by atoms with Gasteiger partial charge in [-0.15, -0.1) is 0 Å². The number of hydrogen-bond donors (Lipinski definition) is 2. The molecule has 0 amide bonds. The zero-order valence-electron chi connectivity index (χ0n) is 2.62. The first kappa shape index (κ1) is 9.55. The van der Waals surface area contributed by atoms with E-state index in [1.165, 1.54) is 0 Å². The van der Waals surface area contributed by atoms with Crippen LogP contribution in [0.25, 0.3) is 0 Å². The smallest absolute Gasteiger partial charge is 0 e. The molecule has 0 atom stereocenters. The summed E-state index contributed by atoms with van der Waals surface area (Å²) in [5, 5.41) is 0. The van der Waals surface area contributed by atoms with Crippen LogP contribution in [0.3, 0.4) is 0 Å². The van der Waals surface area contributed by atoms with Crippen molar-refractivity contribution in [3.05, 3.63) is 0 Å². The largest absolute Gasteiger partial charge is 0 e. The van der Waals surface area contributed by atoms with E-state index in [2.05, 4.69) is 0 Å². The van der Waals surface area contributed by atoms with Gasteiger partial charge in [-0.3, -0.25) is 0 Å². The van der Waals surface area contributed by atoms with E-state index in [0.29, 0.717) is 0 Å². The average molecular weight is 146 g/mol. The van der Waals surface area contributed by atoms with E-state index < -0.39 is 13.6 Å². The topological polar surface area (TPSA) is 74.6 Å². The van der Waals surface area contributed by atoms with Crippen molar-refractivity contribution in [2.75, 3.05) is 0 Å². The fourth-order valence-corrected chi connectivity index (χ4v) is 0. The van der Waals surface area contributed by atoms with Crippen LogP contribution >= 0.6 is 0 Å². The van der Waals surface area contributed by atoms with Crippen molar-refractivity contribution in [3.8, 4) is 0 Å². The minimum atomic E-state index is -5.25. The van der Waals surface area contributed by atoms with Gasteiger partial charge in [-0.1, -0.05) is 0 Å². The maximum Gasteiger partial charge on any atom is 0 e. The standard InChI is InChI=1S/Cr.2H2O.2O.Si/h;2*1H2;;;/q+2;;;;;/p-2. The molecule has 0 fully saturated rings. The number of rotatable bonds is 0. The van der Waals surface area contributed by atoms with E-state index in [1.807, 2.05) is 0 Å². The molecule has 0 aromatic carbocycles. The molecule has 0 aliphatic carbocycles. The third kappa shape index (κ3) is 629. The molecule has 4 nitrogen and oxygen atoms in total. The van der Waals surface area contributed by atoms with Gasteiger partial charge in [0, 0.05) is 11.0 Å². The Bertz CT molecular complexity index is 90.7. The Morgan fingerprint density at radius 3 is 1.17 bits per heavy atom. The summed E-state index contributed by atoms with van der Waals surface area (Å²) >= 11 is -5.25. The molecule has 4 radical (unpaired) electrons. The maximum atomic E-state index is 8.82. The molecular formula is H2CrO4Si. The molecule has 0 spiro atoms. The van der Waals surface area contributed by atoms with Gasteiger partial charge in [-0.2, -0.15) is 0 Å². The van der Waals surface area contributed by atoms with Crippen LogP contribution in [0.2, 0.25) is 0 Å². The van der Waals surface area contributed by atoms with Gasteiger partial charge < -0.3 is 0 Å². The van der Waals surface area contributed by atoms with Crippen LogP contribution in [-0.4, -0.2) is 19.3 Å². The van der Waals surface area contributed by atoms with Gasteiger partial charge in [0.05, 0.1) is 0 Å². The van der Waals surface area contributed by atoms with Crippen LogP contribution in [0.15, 0.2) is 0 Å². The van der Waals surface area contributed by atoms with Gasteiger partial charge in [0.2, 0.25) is 0 Å². The van der Waals surface area contributed by atoms with Gasteiger partial charge in [0.1, 0.15) is 0 Å². The molecule has 0 saturated carbocycles.